The minimum absolute atomic E-state index is 0.0517. The quantitative estimate of drug-likeness (QED) is 0.461. The van der Waals surface area contributed by atoms with Gasteiger partial charge in [-0.1, -0.05) is 0 Å². The maximum absolute atomic E-state index is 14.9. The van der Waals surface area contributed by atoms with Crippen molar-refractivity contribution in [3.8, 4) is 17.1 Å². The number of nitrogens with zero attached hydrogens (tertiary/aromatic N) is 5. The van der Waals surface area contributed by atoms with Crippen LogP contribution >= 0.6 is 0 Å². The van der Waals surface area contributed by atoms with Crippen molar-refractivity contribution < 1.29 is 36.6 Å². The molecule has 2 aliphatic rings. The number of nitrogen functional groups attached to an aromatic ring is 1. The lowest BCUT2D eigenvalue weighted by Gasteiger charge is -2.26. The zero-order valence-electron chi connectivity index (χ0n) is 20.7. The Kier molecular flexibility index (Phi) is 7.01. The summed E-state index contributed by atoms with van der Waals surface area (Å²) < 4.78 is 67.7. The van der Waals surface area contributed by atoms with E-state index in [0.29, 0.717) is 13.0 Å². The van der Waals surface area contributed by atoms with Crippen molar-refractivity contribution in [2.45, 2.75) is 43.8 Å². The van der Waals surface area contributed by atoms with E-state index in [1.807, 2.05) is 0 Å². The minimum atomic E-state index is -4.76. The molecule has 0 aromatic carbocycles. The average molecular weight is 552 g/mol. The van der Waals surface area contributed by atoms with Crippen LogP contribution in [0.15, 0.2) is 24.7 Å². The summed E-state index contributed by atoms with van der Waals surface area (Å²) in [6.07, 6.45) is -2.44. The van der Waals surface area contributed by atoms with Gasteiger partial charge in [0.15, 0.2) is 5.82 Å². The van der Waals surface area contributed by atoms with Gasteiger partial charge in [0.1, 0.15) is 29.7 Å². The first-order valence-electron chi connectivity index (χ1n) is 12.2. The first kappa shape index (κ1) is 26.6. The smallest absolute Gasteiger partial charge is 0.418 e. The molecule has 11 nitrogen and oxygen atoms in total. The number of halogens is 4. The molecule has 1 unspecified atom stereocenters. The van der Waals surface area contributed by atoms with Crippen molar-refractivity contribution in [3.05, 3.63) is 35.8 Å². The standard InChI is InChI=1S/C24H25F4N7O4/c1-38-22-13(21(36)33-16-10-34(9-15(16)25)23(37)18-4-2-3-5-39-18)6-12(8-30-22)17-7-14(24(26,27)28)19-20(29)31-11-32-35(17)19/h6-8,11,15-16,18H,2-5,9-10H2,1H3,(H,33,36)(H2,29,31,32)/t15-,16+,18?/m0/s1. The first-order chi connectivity index (χ1) is 18.6. The van der Waals surface area contributed by atoms with Gasteiger partial charge in [-0.05, 0) is 31.4 Å². The van der Waals surface area contributed by atoms with Crippen LogP contribution in [0.2, 0.25) is 0 Å². The number of hydrogen-bond acceptors (Lipinski definition) is 8. The number of carbonyl (C=O) groups is 2. The van der Waals surface area contributed by atoms with E-state index in [-0.39, 0.29) is 47.5 Å². The number of methoxy groups -OCH3 is 1. The van der Waals surface area contributed by atoms with Gasteiger partial charge in [-0.2, -0.15) is 18.3 Å². The minimum Gasteiger partial charge on any atom is -0.480 e. The molecule has 2 saturated heterocycles. The van der Waals surface area contributed by atoms with Gasteiger partial charge in [-0.15, -0.1) is 0 Å². The van der Waals surface area contributed by atoms with Crippen LogP contribution < -0.4 is 15.8 Å². The summed E-state index contributed by atoms with van der Waals surface area (Å²) in [7, 11) is 1.26. The van der Waals surface area contributed by atoms with E-state index in [9.17, 15) is 27.2 Å². The number of alkyl halides is 4. The van der Waals surface area contributed by atoms with E-state index in [1.165, 1.54) is 24.3 Å². The number of ether oxygens (including phenoxy) is 2. The van der Waals surface area contributed by atoms with Gasteiger partial charge in [0.25, 0.3) is 11.8 Å². The highest BCUT2D eigenvalue weighted by atomic mass is 19.4. The molecule has 0 bridgehead atoms. The predicted molar refractivity (Wildman–Crippen MR) is 129 cm³/mol. The van der Waals surface area contributed by atoms with Gasteiger partial charge in [-0.25, -0.2) is 18.9 Å². The molecule has 0 spiro atoms. The number of carbonyl (C=O) groups excluding carboxylic acids is 2. The molecule has 15 heteroatoms. The maximum atomic E-state index is 14.9. The zero-order chi connectivity index (χ0) is 27.9. The van der Waals surface area contributed by atoms with Crippen LogP contribution in [0.3, 0.4) is 0 Å². The summed E-state index contributed by atoms with van der Waals surface area (Å²) in [5.41, 5.74) is 4.11. The normalized spacial score (nSPS) is 21.8. The van der Waals surface area contributed by atoms with E-state index in [1.54, 1.807) is 0 Å². The fourth-order valence-corrected chi connectivity index (χ4v) is 4.87. The molecule has 0 aliphatic carbocycles. The third-order valence-electron chi connectivity index (χ3n) is 6.80. The Morgan fingerprint density at radius 3 is 2.69 bits per heavy atom. The molecular formula is C24H25F4N7O4. The second kappa shape index (κ2) is 10.3. The number of aromatic nitrogens is 4. The van der Waals surface area contributed by atoms with Gasteiger partial charge >= 0.3 is 6.18 Å². The molecule has 5 heterocycles. The molecule has 3 N–H and O–H groups in total. The molecule has 2 amide bonds. The second-order valence-electron chi connectivity index (χ2n) is 9.32. The predicted octanol–water partition coefficient (Wildman–Crippen LogP) is 2.25. The average Bonchev–Trinajstić information content (AvgIpc) is 3.50. The molecule has 0 saturated carbocycles. The van der Waals surface area contributed by atoms with Crippen molar-refractivity contribution in [3.63, 3.8) is 0 Å². The molecule has 3 atom stereocenters. The molecule has 3 aromatic heterocycles. The number of anilines is 1. The summed E-state index contributed by atoms with van der Waals surface area (Å²) in [6.45, 7) is 0.207. The van der Waals surface area contributed by atoms with Crippen LogP contribution in [-0.4, -0.2) is 81.4 Å². The molecule has 3 aromatic rings. The van der Waals surface area contributed by atoms with Crippen LogP contribution in [0.1, 0.15) is 35.2 Å². The van der Waals surface area contributed by atoms with Crippen molar-refractivity contribution in [1.82, 2.24) is 29.8 Å². The maximum Gasteiger partial charge on any atom is 0.418 e. The Labute approximate surface area is 219 Å². The largest absolute Gasteiger partial charge is 0.480 e. The zero-order valence-corrected chi connectivity index (χ0v) is 20.7. The summed E-state index contributed by atoms with van der Waals surface area (Å²) in [5, 5.41) is 6.46. The van der Waals surface area contributed by atoms with Gasteiger partial charge < -0.3 is 25.4 Å². The Balaban J connectivity index is 1.42. The lowest BCUT2D eigenvalue weighted by Crippen LogP contribution is -2.44. The number of nitrogens with one attached hydrogen (secondary N) is 1. The summed E-state index contributed by atoms with van der Waals surface area (Å²) in [4.78, 5) is 35.0. The molecule has 0 radical (unpaired) electrons. The Bertz CT molecular complexity index is 1410. The molecule has 39 heavy (non-hydrogen) atoms. The fraction of sp³-hybridized carbons (Fsp3) is 0.458. The fourth-order valence-electron chi connectivity index (χ4n) is 4.87. The van der Waals surface area contributed by atoms with Crippen LogP contribution in [0.5, 0.6) is 5.88 Å². The van der Waals surface area contributed by atoms with E-state index >= 15 is 0 Å². The van der Waals surface area contributed by atoms with Crippen LogP contribution in [0.4, 0.5) is 23.4 Å². The highest BCUT2D eigenvalue weighted by Crippen LogP contribution is 2.39. The first-order valence-corrected chi connectivity index (χ1v) is 12.2. The number of nitrogens with two attached hydrogens (primary N) is 1. The number of amides is 2. The second-order valence-corrected chi connectivity index (χ2v) is 9.32. The summed E-state index contributed by atoms with van der Waals surface area (Å²) in [5.74, 6) is -1.60. The van der Waals surface area contributed by atoms with Crippen LogP contribution in [0.25, 0.3) is 16.8 Å². The molecule has 5 rings (SSSR count). The lowest BCUT2D eigenvalue weighted by molar-refractivity contribution is -0.145. The van der Waals surface area contributed by atoms with Crippen LogP contribution in [0, 0.1) is 0 Å². The number of rotatable bonds is 5. The van der Waals surface area contributed by atoms with E-state index < -0.39 is 41.5 Å². The van der Waals surface area contributed by atoms with Crippen LogP contribution in [-0.2, 0) is 15.7 Å². The highest BCUT2D eigenvalue weighted by Gasteiger charge is 2.40. The topological polar surface area (TPSA) is 137 Å². The molecule has 2 fully saturated rings. The van der Waals surface area contributed by atoms with Crippen molar-refractivity contribution >= 4 is 23.1 Å². The number of hydrogen-bond donors (Lipinski definition) is 2. The van der Waals surface area contributed by atoms with E-state index in [2.05, 4.69) is 20.4 Å². The monoisotopic (exact) mass is 551 g/mol. The Hall–Kier alpha value is -4.01. The molecular weight excluding hydrogens is 526 g/mol. The number of pyridine rings is 1. The van der Waals surface area contributed by atoms with Crippen molar-refractivity contribution in [2.24, 2.45) is 0 Å². The van der Waals surface area contributed by atoms with Gasteiger partial charge in [0, 0.05) is 24.9 Å². The van der Waals surface area contributed by atoms with Gasteiger partial charge in [0.05, 0.1) is 31.0 Å². The third kappa shape index (κ3) is 5.05. The Morgan fingerprint density at radius 2 is 2.00 bits per heavy atom. The lowest BCUT2D eigenvalue weighted by atomic mass is 10.1. The third-order valence-corrected chi connectivity index (χ3v) is 6.80. The SMILES string of the molecule is COc1ncc(-c2cc(C(F)(F)F)c3c(N)ncnn23)cc1C(=O)N[C@@H]1CN(C(=O)C2CCCCO2)C[C@@H]1F. The van der Waals surface area contributed by atoms with Gasteiger partial charge in [0.2, 0.25) is 5.88 Å². The Morgan fingerprint density at radius 1 is 1.21 bits per heavy atom. The number of likely N-dealkylation sites (tertiary alicyclic amines) is 1. The molecule has 2 aliphatic heterocycles. The van der Waals surface area contributed by atoms with Gasteiger partial charge in [-0.3, -0.25) is 9.59 Å². The summed E-state index contributed by atoms with van der Waals surface area (Å²) in [6, 6.07) is 1.08. The van der Waals surface area contributed by atoms with E-state index in [4.69, 9.17) is 15.2 Å². The molecule has 208 valence electrons. The van der Waals surface area contributed by atoms with Crippen molar-refractivity contribution in [2.75, 3.05) is 32.5 Å². The number of fused-ring (bicyclic) bond motifs is 1. The van der Waals surface area contributed by atoms with E-state index in [0.717, 1.165) is 29.8 Å². The summed E-state index contributed by atoms with van der Waals surface area (Å²) >= 11 is 0. The van der Waals surface area contributed by atoms with Crippen molar-refractivity contribution in [1.29, 1.82) is 0 Å². The highest BCUT2D eigenvalue weighted by molar-refractivity contribution is 5.98.